The van der Waals surface area contributed by atoms with Crippen molar-refractivity contribution in [1.82, 2.24) is 14.5 Å². The first-order valence-corrected chi connectivity index (χ1v) is 11.6. The van der Waals surface area contributed by atoms with Crippen LogP contribution in [0.3, 0.4) is 0 Å². The molecule has 6 nitrogen and oxygen atoms in total. The molecule has 6 rings (SSSR count). The zero-order valence-electron chi connectivity index (χ0n) is 19.5. The second-order valence-corrected chi connectivity index (χ2v) is 9.92. The second kappa shape index (κ2) is 6.95. The highest BCUT2D eigenvalue weighted by Gasteiger charge is 2.39. The number of aliphatic hydroxyl groups is 1. The van der Waals surface area contributed by atoms with Crippen LogP contribution in [0.1, 0.15) is 59.2 Å². The van der Waals surface area contributed by atoms with Gasteiger partial charge in [-0.25, -0.2) is 9.37 Å². The number of fused-ring (bicyclic) bond motifs is 5. The van der Waals surface area contributed by atoms with Gasteiger partial charge >= 0.3 is 0 Å². The number of benzene rings is 1. The Bertz CT molecular complexity index is 1410. The molecule has 172 valence electrons. The van der Waals surface area contributed by atoms with E-state index < -0.39 is 5.60 Å². The molecule has 1 aromatic carbocycles. The highest BCUT2D eigenvalue weighted by Crippen LogP contribution is 2.46. The minimum Gasteiger partial charge on any atom is -0.383 e. The van der Waals surface area contributed by atoms with Crippen molar-refractivity contribution in [2.75, 3.05) is 20.7 Å². The minimum atomic E-state index is -1.20. The lowest BCUT2D eigenvalue weighted by molar-refractivity contribution is -0.0757. The van der Waals surface area contributed by atoms with Crippen LogP contribution >= 0.6 is 0 Å². The number of rotatable bonds is 2. The number of hydrogen-bond donors (Lipinski definition) is 1. The van der Waals surface area contributed by atoms with Crippen LogP contribution in [-0.2, 0) is 29.9 Å². The molecular weight excluding hydrogens is 421 g/mol. The molecule has 2 aromatic heterocycles. The third-order valence-electron chi connectivity index (χ3n) is 8.00. The van der Waals surface area contributed by atoms with E-state index in [1.54, 1.807) is 4.57 Å². The molecule has 0 amide bonds. The molecule has 0 fully saturated rings. The predicted octanol–water partition coefficient (Wildman–Crippen LogP) is 3.55. The SMILES string of the molecule is CC[C@@]1(O)COCc2c1cc1n(c2=O)Cc2c-1nc1cc(F)c(C)c3c1c2[C@@H](N(C)C)CC3. The molecule has 0 unspecified atom stereocenters. The highest BCUT2D eigenvalue weighted by molar-refractivity contribution is 5.92. The molecule has 0 bridgehead atoms. The third kappa shape index (κ3) is 2.70. The number of aryl methyl sites for hydroxylation is 1. The Morgan fingerprint density at radius 2 is 2.09 bits per heavy atom. The molecule has 2 atom stereocenters. The monoisotopic (exact) mass is 449 g/mol. The van der Waals surface area contributed by atoms with Gasteiger partial charge in [0.25, 0.3) is 5.56 Å². The van der Waals surface area contributed by atoms with Crippen molar-refractivity contribution < 1.29 is 14.2 Å². The molecule has 3 aromatic rings. The van der Waals surface area contributed by atoms with E-state index in [4.69, 9.17) is 9.72 Å². The van der Waals surface area contributed by atoms with E-state index in [0.717, 1.165) is 40.6 Å². The maximum Gasteiger partial charge on any atom is 0.257 e. The lowest BCUT2D eigenvalue weighted by atomic mass is 9.81. The fourth-order valence-corrected chi connectivity index (χ4v) is 6.08. The Balaban J connectivity index is 1.70. The van der Waals surface area contributed by atoms with Gasteiger partial charge in [0, 0.05) is 28.6 Å². The summed E-state index contributed by atoms with van der Waals surface area (Å²) in [5, 5.41) is 12.2. The van der Waals surface area contributed by atoms with Crippen LogP contribution in [0.5, 0.6) is 0 Å². The average Bonchev–Trinajstić information content (AvgIpc) is 3.17. The van der Waals surface area contributed by atoms with E-state index >= 15 is 0 Å². The lowest BCUT2D eigenvalue weighted by Crippen LogP contribution is -2.40. The first-order chi connectivity index (χ1) is 15.7. The summed E-state index contributed by atoms with van der Waals surface area (Å²) in [7, 11) is 4.13. The molecule has 4 heterocycles. The van der Waals surface area contributed by atoms with Gasteiger partial charge in [0.2, 0.25) is 0 Å². The summed E-state index contributed by atoms with van der Waals surface area (Å²) in [5.41, 5.74) is 5.81. The van der Waals surface area contributed by atoms with Crippen molar-refractivity contribution in [1.29, 1.82) is 0 Å². The molecular formula is C26H28FN3O3. The molecule has 1 N–H and O–H groups in total. The summed E-state index contributed by atoms with van der Waals surface area (Å²) >= 11 is 0. The Labute approximate surface area is 191 Å². The molecule has 33 heavy (non-hydrogen) atoms. The molecule has 3 aliphatic rings. The van der Waals surface area contributed by atoms with Crippen molar-refractivity contribution >= 4 is 10.9 Å². The Morgan fingerprint density at radius 3 is 2.82 bits per heavy atom. The van der Waals surface area contributed by atoms with Crippen LogP contribution in [-0.4, -0.2) is 40.3 Å². The summed E-state index contributed by atoms with van der Waals surface area (Å²) in [6, 6.07) is 3.61. The highest BCUT2D eigenvalue weighted by atomic mass is 19.1. The van der Waals surface area contributed by atoms with Gasteiger partial charge in [-0.3, -0.25) is 4.79 Å². The van der Waals surface area contributed by atoms with Crippen molar-refractivity contribution in [3.05, 3.63) is 61.7 Å². The number of nitrogens with zero attached hydrogens (tertiary/aromatic N) is 3. The summed E-state index contributed by atoms with van der Waals surface area (Å²) in [6.07, 6.45) is 2.14. The van der Waals surface area contributed by atoms with E-state index in [-0.39, 0.29) is 30.6 Å². The van der Waals surface area contributed by atoms with Gasteiger partial charge < -0.3 is 19.3 Å². The topological polar surface area (TPSA) is 67.6 Å². The summed E-state index contributed by atoms with van der Waals surface area (Å²) in [4.78, 5) is 20.7. The van der Waals surface area contributed by atoms with Gasteiger partial charge in [-0.1, -0.05) is 6.92 Å². The van der Waals surface area contributed by atoms with Crippen molar-refractivity contribution in [2.24, 2.45) is 0 Å². The van der Waals surface area contributed by atoms with Gasteiger partial charge in [0.1, 0.15) is 11.4 Å². The zero-order valence-corrected chi connectivity index (χ0v) is 19.5. The normalized spacial score (nSPS) is 23.1. The van der Waals surface area contributed by atoms with Crippen LogP contribution < -0.4 is 5.56 Å². The Hall–Kier alpha value is -2.61. The van der Waals surface area contributed by atoms with Crippen molar-refractivity contribution in [2.45, 2.75) is 57.9 Å². The fourth-order valence-electron chi connectivity index (χ4n) is 6.08. The quantitative estimate of drug-likeness (QED) is 0.507. The van der Waals surface area contributed by atoms with Crippen molar-refractivity contribution in [3.63, 3.8) is 0 Å². The molecule has 2 aliphatic heterocycles. The van der Waals surface area contributed by atoms with E-state index in [9.17, 15) is 14.3 Å². The van der Waals surface area contributed by atoms with Crippen LogP contribution in [0, 0.1) is 12.7 Å². The second-order valence-electron chi connectivity index (χ2n) is 9.92. The molecule has 1 aliphatic carbocycles. The summed E-state index contributed by atoms with van der Waals surface area (Å²) < 4.78 is 22.2. The van der Waals surface area contributed by atoms with Gasteiger partial charge in [0.05, 0.1) is 36.7 Å². The number of pyridine rings is 2. The van der Waals surface area contributed by atoms with Crippen LogP contribution in [0.2, 0.25) is 0 Å². The third-order valence-corrected chi connectivity index (χ3v) is 8.00. The molecule has 7 heteroatoms. The molecule has 0 radical (unpaired) electrons. The average molecular weight is 450 g/mol. The smallest absolute Gasteiger partial charge is 0.257 e. The number of hydrogen-bond acceptors (Lipinski definition) is 5. The first kappa shape index (κ1) is 21.0. The van der Waals surface area contributed by atoms with E-state index in [1.165, 1.54) is 6.07 Å². The van der Waals surface area contributed by atoms with Gasteiger partial charge in [0.15, 0.2) is 0 Å². The minimum absolute atomic E-state index is 0.136. The first-order valence-electron chi connectivity index (χ1n) is 11.6. The maximum atomic E-state index is 14.8. The largest absolute Gasteiger partial charge is 0.383 e. The summed E-state index contributed by atoms with van der Waals surface area (Å²) in [6.45, 7) is 4.53. The van der Waals surface area contributed by atoms with Gasteiger partial charge in [-0.05, 0) is 68.6 Å². The standard InChI is InChI=1S/C26H28FN3O3/c1-5-26(32)12-33-11-16-17(26)8-21-24-15(10-30(21)25(16)31)23-20(29(3)4)7-6-14-13(2)18(27)9-19(28-24)22(14)23/h8-9,20,32H,5-7,10-12H2,1-4H3/t20-,26+/m0/s1. The molecule has 0 saturated carbocycles. The predicted molar refractivity (Wildman–Crippen MR) is 124 cm³/mol. The number of ether oxygens (including phenoxy) is 1. The maximum absolute atomic E-state index is 14.8. The van der Waals surface area contributed by atoms with Crippen LogP contribution in [0.4, 0.5) is 4.39 Å². The number of aromatic nitrogens is 2. The van der Waals surface area contributed by atoms with E-state index in [1.807, 2.05) is 19.9 Å². The lowest BCUT2D eigenvalue weighted by Gasteiger charge is -2.33. The van der Waals surface area contributed by atoms with Crippen LogP contribution in [0.15, 0.2) is 16.9 Å². The van der Waals surface area contributed by atoms with E-state index in [2.05, 4.69) is 19.0 Å². The molecule has 0 saturated heterocycles. The Kier molecular flexibility index (Phi) is 4.41. The van der Waals surface area contributed by atoms with Crippen molar-refractivity contribution in [3.8, 4) is 11.4 Å². The zero-order chi connectivity index (χ0) is 23.2. The number of halogens is 1. The molecule has 0 spiro atoms. The van der Waals surface area contributed by atoms with Gasteiger partial charge in [-0.2, -0.15) is 0 Å². The van der Waals surface area contributed by atoms with E-state index in [0.29, 0.717) is 40.9 Å². The summed E-state index contributed by atoms with van der Waals surface area (Å²) in [5.74, 6) is -0.238. The van der Waals surface area contributed by atoms with Gasteiger partial charge in [-0.15, -0.1) is 0 Å². The van der Waals surface area contributed by atoms with Crippen LogP contribution in [0.25, 0.3) is 22.3 Å². The Morgan fingerprint density at radius 1 is 1.30 bits per heavy atom. The fraction of sp³-hybridized carbons (Fsp3) is 0.462.